The molecule has 5 heteroatoms. The molecule has 0 atom stereocenters. The van der Waals surface area contributed by atoms with Crippen LogP contribution in [0.2, 0.25) is 0 Å². The van der Waals surface area contributed by atoms with Gasteiger partial charge in [0.05, 0.1) is 7.11 Å². The van der Waals surface area contributed by atoms with Gasteiger partial charge in [0.15, 0.2) is 0 Å². The van der Waals surface area contributed by atoms with E-state index in [4.69, 9.17) is 0 Å². The van der Waals surface area contributed by atoms with E-state index in [0.717, 1.165) is 24.8 Å². The Morgan fingerprint density at radius 2 is 1.86 bits per heavy atom. The standard InChI is InChI=1S/C16H13F3O2/c1-10-6-7-14(16(18,19)15(20)21-2)13(8-10)11-4-3-5-12(17)9-11/h3-9H,1-2H3. The maximum Gasteiger partial charge on any atom is 0.381 e. The van der Waals surface area contributed by atoms with E-state index in [1.165, 1.54) is 30.3 Å². The molecule has 0 amide bonds. The molecule has 0 aliphatic heterocycles. The number of hydrogen-bond acceptors (Lipinski definition) is 2. The number of carbonyl (C=O) groups is 1. The molecule has 0 aliphatic carbocycles. The van der Waals surface area contributed by atoms with Crippen molar-refractivity contribution in [1.82, 2.24) is 0 Å². The van der Waals surface area contributed by atoms with E-state index < -0.39 is 23.3 Å². The van der Waals surface area contributed by atoms with Crippen LogP contribution in [0.5, 0.6) is 0 Å². The molecule has 0 N–H and O–H groups in total. The Morgan fingerprint density at radius 1 is 1.14 bits per heavy atom. The Balaban J connectivity index is 2.66. The number of hydrogen-bond donors (Lipinski definition) is 0. The van der Waals surface area contributed by atoms with Gasteiger partial charge in [0.1, 0.15) is 5.82 Å². The molecular formula is C16H13F3O2. The molecule has 0 aliphatic rings. The lowest BCUT2D eigenvalue weighted by atomic mass is 9.94. The summed E-state index contributed by atoms with van der Waals surface area (Å²) in [5.74, 6) is -5.99. The molecule has 0 heterocycles. The normalized spacial score (nSPS) is 11.3. The average molecular weight is 294 g/mol. The predicted molar refractivity (Wildman–Crippen MR) is 72.5 cm³/mol. The van der Waals surface area contributed by atoms with Crippen molar-refractivity contribution in [3.63, 3.8) is 0 Å². The lowest BCUT2D eigenvalue weighted by Gasteiger charge is -2.18. The van der Waals surface area contributed by atoms with Crippen LogP contribution in [0.25, 0.3) is 11.1 Å². The first kappa shape index (κ1) is 15.1. The molecular weight excluding hydrogens is 281 g/mol. The second-order valence-corrected chi connectivity index (χ2v) is 4.63. The van der Waals surface area contributed by atoms with Gasteiger partial charge in [-0.25, -0.2) is 9.18 Å². The van der Waals surface area contributed by atoms with E-state index in [1.807, 2.05) is 0 Å². The Morgan fingerprint density at radius 3 is 2.48 bits per heavy atom. The highest BCUT2D eigenvalue weighted by atomic mass is 19.3. The summed E-state index contributed by atoms with van der Waals surface area (Å²) in [4.78, 5) is 11.3. The number of carbonyl (C=O) groups excluding carboxylic acids is 1. The van der Waals surface area contributed by atoms with Crippen molar-refractivity contribution in [2.45, 2.75) is 12.8 Å². The fraction of sp³-hybridized carbons (Fsp3) is 0.188. The summed E-state index contributed by atoms with van der Waals surface area (Å²) >= 11 is 0. The number of halogens is 3. The van der Waals surface area contributed by atoms with Crippen molar-refractivity contribution < 1.29 is 22.7 Å². The van der Waals surface area contributed by atoms with Crippen molar-refractivity contribution in [1.29, 1.82) is 0 Å². The van der Waals surface area contributed by atoms with Crippen LogP contribution in [0.1, 0.15) is 11.1 Å². The minimum Gasteiger partial charge on any atom is -0.464 e. The van der Waals surface area contributed by atoms with Crippen LogP contribution in [0.4, 0.5) is 13.2 Å². The summed E-state index contributed by atoms with van der Waals surface area (Å²) < 4.78 is 45.8. The Bertz CT molecular complexity index is 681. The fourth-order valence-electron chi connectivity index (χ4n) is 2.06. The SMILES string of the molecule is COC(=O)C(F)(F)c1ccc(C)cc1-c1cccc(F)c1. The van der Waals surface area contributed by atoms with Gasteiger partial charge in [-0.15, -0.1) is 0 Å². The van der Waals surface area contributed by atoms with Gasteiger partial charge in [-0.3, -0.25) is 0 Å². The molecule has 0 spiro atoms. The van der Waals surface area contributed by atoms with Crippen LogP contribution in [0.15, 0.2) is 42.5 Å². The molecule has 2 rings (SSSR count). The van der Waals surface area contributed by atoms with Gasteiger partial charge in [0.25, 0.3) is 0 Å². The first-order chi connectivity index (χ1) is 9.86. The third-order valence-electron chi connectivity index (χ3n) is 3.09. The third kappa shape index (κ3) is 2.91. The van der Waals surface area contributed by atoms with Crippen LogP contribution in [-0.2, 0) is 15.5 Å². The first-order valence-corrected chi connectivity index (χ1v) is 6.19. The Labute approximate surface area is 120 Å². The van der Waals surface area contributed by atoms with Crippen LogP contribution >= 0.6 is 0 Å². The molecule has 0 fully saturated rings. The topological polar surface area (TPSA) is 26.3 Å². The summed E-state index contributed by atoms with van der Waals surface area (Å²) in [6.45, 7) is 1.73. The average Bonchev–Trinajstić information content (AvgIpc) is 2.46. The lowest BCUT2D eigenvalue weighted by Crippen LogP contribution is -2.28. The largest absolute Gasteiger partial charge is 0.464 e. The maximum atomic E-state index is 14.2. The second-order valence-electron chi connectivity index (χ2n) is 4.63. The van der Waals surface area contributed by atoms with Gasteiger partial charge in [-0.1, -0.05) is 35.9 Å². The first-order valence-electron chi connectivity index (χ1n) is 6.19. The molecule has 0 saturated carbocycles. The summed E-state index contributed by atoms with van der Waals surface area (Å²) in [6, 6.07) is 9.41. The molecule has 21 heavy (non-hydrogen) atoms. The van der Waals surface area contributed by atoms with Crippen molar-refractivity contribution in [2.24, 2.45) is 0 Å². The van der Waals surface area contributed by atoms with Gasteiger partial charge in [0, 0.05) is 5.56 Å². The summed E-state index contributed by atoms with van der Waals surface area (Å²) in [5, 5.41) is 0. The van der Waals surface area contributed by atoms with Gasteiger partial charge in [-0.2, -0.15) is 8.78 Å². The van der Waals surface area contributed by atoms with Gasteiger partial charge in [0.2, 0.25) is 0 Å². The highest BCUT2D eigenvalue weighted by molar-refractivity contribution is 5.83. The van der Waals surface area contributed by atoms with Crippen LogP contribution < -0.4 is 0 Å². The van der Waals surface area contributed by atoms with Crippen LogP contribution in [0.3, 0.4) is 0 Å². The number of methoxy groups -OCH3 is 1. The zero-order valence-electron chi connectivity index (χ0n) is 11.5. The number of benzene rings is 2. The smallest absolute Gasteiger partial charge is 0.381 e. The zero-order chi connectivity index (χ0) is 15.6. The number of rotatable bonds is 3. The Hall–Kier alpha value is -2.30. The summed E-state index contributed by atoms with van der Waals surface area (Å²) in [6.07, 6.45) is 0. The highest BCUT2D eigenvalue weighted by Crippen LogP contribution is 2.37. The molecule has 2 aromatic rings. The Kier molecular flexibility index (Phi) is 4.02. The van der Waals surface area contributed by atoms with Gasteiger partial charge in [-0.05, 0) is 30.2 Å². The van der Waals surface area contributed by atoms with Crippen LogP contribution in [-0.4, -0.2) is 13.1 Å². The molecule has 0 saturated heterocycles. The summed E-state index contributed by atoms with van der Waals surface area (Å²) in [7, 11) is 0.895. The molecule has 0 bridgehead atoms. The molecule has 110 valence electrons. The molecule has 0 radical (unpaired) electrons. The predicted octanol–water partition coefficient (Wildman–Crippen LogP) is 4.07. The van der Waals surface area contributed by atoms with E-state index in [0.29, 0.717) is 0 Å². The van der Waals surface area contributed by atoms with Crippen molar-refractivity contribution >= 4 is 5.97 Å². The number of alkyl halides is 2. The number of aryl methyl sites for hydroxylation is 1. The quantitative estimate of drug-likeness (QED) is 0.798. The molecule has 0 unspecified atom stereocenters. The summed E-state index contributed by atoms with van der Waals surface area (Å²) in [5.41, 5.74) is 0.589. The maximum absolute atomic E-state index is 14.2. The van der Waals surface area contributed by atoms with E-state index >= 15 is 0 Å². The minimum absolute atomic E-state index is 0.102. The fourth-order valence-corrected chi connectivity index (χ4v) is 2.06. The van der Waals surface area contributed by atoms with E-state index in [-0.39, 0.29) is 11.1 Å². The lowest BCUT2D eigenvalue weighted by molar-refractivity contribution is -0.170. The van der Waals surface area contributed by atoms with Crippen molar-refractivity contribution in [3.8, 4) is 11.1 Å². The zero-order valence-corrected chi connectivity index (χ0v) is 11.5. The van der Waals surface area contributed by atoms with Crippen molar-refractivity contribution in [2.75, 3.05) is 7.11 Å². The van der Waals surface area contributed by atoms with E-state index in [1.54, 1.807) is 6.92 Å². The molecule has 0 aromatic heterocycles. The number of ether oxygens (including phenoxy) is 1. The van der Waals surface area contributed by atoms with E-state index in [2.05, 4.69) is 4.74 Å². The monoisotopic (exact) mass is 294 g/mol. The minimum atomic E-state index is -3.80. The van der Waals surface area contributed by atoms with Crippen LogP contribution in [0, 0.1) is 12.7 Å². The third-order valence-corrected chi connectivity index (χ3v) is 3.09. The highest BCUT2D eigenvalue weighted by Gasteiger charge is 2.44. The van der Waals surface area contributed by atoms with Gasteiger partial charge < -0.3 is 4.74 Å². The molecule has 2 nitrogen and oxygen atoms in total. The molecule has 2 aromatic carbocycles. The van der Waals surface area contributed by atoms with Crippen molar-refractivity contribution in [3.05, 3.63) is 59.4 Å². The van der Waals surface area contributed by atoms with Gasteiger partial charge >= 0.3 is 11.9 Å². The van der Waals surface area contributed by atoms with E-state index in [9.17, 15) is 18.0 Å². The number of esters is 1. The second kappa shape index (κ2) is 5.60.